The van der Waals surface area contributed by atoms with E-state index in [1.54, 1.807) is 19.2 Å². The van der Waals surface area contributed by atoms with Gasteiger partial charge in [-0.1, -0.05) is 42.1 Å². The molecule has 0 saturated carbocycles. The zero-order chi connectivity index (χ0) is 22.8. The number of ether oxygens (including phenoxy) is 1. The first-order valence-electron chi connectivity index (χ1n) is 10.7. The minimum atomic E-state index is -0.273. The molecule has 0 unspecified atom stereocenters. The van der Waals surface area contributed by atoms with Gasteiger partial charge in [-0.15, -0.1) is 0 Å². The summed E-state index contributed by atoms with van der Waals surface area (Å²) < 4.78 is 21.1. The average Bonchev–Trinajstić information content (AvgIpc) is 3.26. The van der Waals surface area contributed by atoms with Gasteiger partial charge in [-0.25, -0.2) is 4.39 Å². The van der Waals surface area contributed by atoms with Gasteiger partial charge < -0.3 is 9.30 Å². The number of aldehydes is 1. The first kappa shape index (κ1) is 21.3. The van der Waals surface area contributed by atoms with Gasteiger partial charge in [-0.3, -0.25) is 4.79 Å². The molecule has 164 valence electrons. The van der Waals surface area contributed by atoms with E-state index in [0.29, 0.717) is 6.42 Å². The van der Waals surface area contributed by atoms with E-state index < -0.39 is 0 Å². The van der Waals surface area contributed by atoms with Crippen LogP contribution in [0.25, 0.3) is 21.8 Å². The predicted molar refractivity (Wildman–Crippen MR) is 131 cm³/mol. The molecular weight excluding hydrogens is 433 g/mol. The molecule has 1 heterocycles. The van der Waals surface area contributed by atoms with Crippen LogP contribution < -0.4 is 4.74 Å². The SMILES string of the molecule is COc1ccc(-n2c(-c3ccccc3)cc3c2CCC(C=O)=C3Sc2ccc(F)cc2)cc1. The zero-order valence-electron chi connectivity index (χ0n) is 18.1. The van der Waals surface area contributed by atoms with Crippen LogP contribution in [0.2, 0.25) is 0 Å². The topological polar surface area (TPSA) is 31.2 Å². The van der Waals surface area contributed by atoms with Crippen molar-refractivity contribution < 1.29 is 13.9 Å². The molecule has 0 amide bonds. The van der Waals surface area contributed by atoms with Crippen LogP contribution in [0.15, 0.2) is 95.4 Å². The van der Waals surface area contributed by atoms with E-state index in [1.165, 1.54) is 23.9 Å². The fourth-order valence-electron chi connectivity index (χ4n) is 4.23. The Hall–Kier alpha value is -3.57. The Balaban J connectivity index is 1.69. The molecule has 0 saturated heterocycles. The van der Waals surface area contributed by atoms with E-state index in [9.17, 15) is 9.18 Å². The van der Waals surface area contributed by atoms with Gasteiger partial charge in [0.25, 0.3) is 0 Å². The number of hydrogen-bond donors (Lipinski definition) is 0. The summed E-state index contributed by atoms with van der Waals surface area (Å²) in [5.41, 5.74) is 6.19. The highest BCUT2D eigenvalue weighted by atomic mass is 32.2. The summed E-state index contributed by atoms with van der Waals surface area (Å²) in [6.07, 6.45) is 2.38. The molecule has 0 radical (unpaired) electrons. The van der Waals surface area contributed by atoms with Crippen molar-refractivity contribution in [2.75, 3.05) is 7.11 Å². The molecule has 0 bridgehead atoms. The number of allylic oxidation sites excluding steroid dienone is 1. The van der Waals surface area contributed by atoms with Gasteiger partial charge in [0, 0.05) is 32.3 Å². The van der Waals surface area contributed by atoms with Crippen LogP contribution in [0.5, 0.6) is 5.75 Å². The largest absolute Gasteiger partial charge is 0.497 e. The number of aromatic nitrogens is 1. The number of carbonyl (C=O) groups excluding carboxylic acids is 1. The Morgan fingerprint density at radius 3 is 2.33 bits per heavy atom. The molecular formula is C28H22FNO2S. The number of methoxy groups -OCH3 is 1. The molecule has 0 fully saturated rings. The van der Waals surface area contributed by atoms with Crippen molar-refractivity contribution >= 4 is 23.0 Å². The van der Waals surface area contributed by atoms with Crippen LogP contribution in [-0.4, -0.2) is 18.0 Å². The van der Waals surface area contributed by atoms with Crippen molar-refractivity contribution in [1.29, 1.82) is 0 Å². The van der Waals surface area contributed by atoms with Gasteiger partial charge in [-0.2, -0.15) is 0 Å². The summed E-state index contributed by atoms with van der Waals surface area (Å²) in [7, 11) is 1.66. The second-order valence-corrected chi connectivity index (χ2v) is 8.90. The van der Waals surface area contributed by atoms with E-state index in [4.69, 9.17) is 4.74 Å². The molecule has 3 aromatic carbocycles. The molecule has 1 aromatic heterocycles. The predicted octanol–water partition coefficient (Wildman–Crippen LogP) is 6.94. The van der Waals surface area contributed by atoms with Gasteiger partial charge >= 0.3 is 0 Å². The van der Waals surface area contributed by atoms with Crippen LogP contribution in [0, 0.1) is 5.82 Å². The number of hydrogen-bond acceptors (Lipinski definition) is 3. The van der Waals surface area contributed by atoms with Crippen LogP contribution in [-0.2, 0) is 11.2 Å². The van der Waals surface area contributed by atoms with E-state index in [1.807, 2.05) is 30.3 Å². The Bertz CT molecular complexity index is 1320. The van der Waals surface area contributed by atoms with Gasteiger partial charge in [0.1, 0.15) is 17.9 Å². The summed E-state index contributed by atoms with van der Waals surface area (Å²) in [4.78, 5) is 13.8. The lowest BCUT2D eigenvalue weighted by Gasteiger charge is -2.21. The standard InChI is InChI=1S/C28H22FNO2S/c1-32-23-12-10-22(11-13-23)30-26-16-7-20(18-31)28(33-24-14-8-21(29)9-15-24)25(26)17-27(30)19-5-3-2-4-6-19/h2-6,8-15,17-18H,7,16H2,1H3. The van der Waals surface area contributed by atoms with Gasteiger partial charge in [-0.05, 0) is 73.0 Å². The molecule has 33 heavy (non-hydrogen) atoms. The van der Waals surface area contributed by atoms with Crippen molar-refractivity contribution in [3.05, 3.63) is 108 Å². The summed E-state index contributed by atoms with van der Waals surface area (Å²) in [5, 5.41) is 0. The minimum absolute atomic E-state index is 0.273. The molecule has 1 aliphatic rings. The molecule has 4 aromatic rings. The molecule has 0 spiro atoms. The molecule has 5 heteroatoms. The number of rotatable bonds is 6. The molecule has 5 rings (SSSR count). The number of fused-ring (bicyclic) bond motifs is 1. The van der Waals surface area contributed by atoms with Crippen LogP contribution in [0.3, 0.4) is 0 Å². The molecule has 1 aliphatic carbocycles. The maximum atomic E-state index is 13.4. The fraction of sp³-hybridized carbons (Fsp3) is 0.107. The second-order valence-electron chi connectivity index (χ2n) is 7.82. The fourth-order valence-corrected chi connectivity index (χ4v) is 5.31. The number of nitrogens with zero attached hydrogens (tertiary/aromatic N) is 1. The quantitative estimate of drug-likeness (QED) is 0.295. The third kappa shape index (κ3) is 4.12. The third-order valence-electron chi connectivity index (χ3n) is 5.85. The van der Waals surface area contributed by atoms with Crippen molar-refractivity contribution in [2.45, 2.75) is 17.7 Å². The smallest absolute Gasteiger partial charge is 0.147 e. The average molecular weight is 456 g/mol. The summed E-state index contributed by atoms with van der Waals surface area (Å²) in [5.74, 6) is 0.530. The summed E-state index contributed by atoms with van der Waals surface area (Å²) in [6.45, 7) is 0. The number of halogens is 1. The van der Waals surface area contributed by atoms with Gasteiger partial charge in [0.2, 0.25) is 0 Å². The van der Waals surface area contributed by atoms with E-state index in [0.717, 1.165) is 62.0 Å². The zero-order valence-corrected chi connectivity index (χ0v) is 18.9. The number of carbonyl (C=O) groups is 1. The summed E-state index contributed by atoms with van der Waals surface area (Å²) in [6, 6.07) is 26.8. The Morgan fingerprint density at radius 1 is 0.939 bits per heavy atom. The third-order valence-corrected chi connectivity index (χ3v) is 7.04. The van der Waals surface area contributed by atoms with Gasteiger partial charge in [0.15, 0.2) is 0 Å². The summed E-state index contributed by atoms with van der Waals surface area (Å²) >= 11 is 1.52. The monoisotopic (exact) mass is 455 g/mol. The van der Waals surface area contributed by atoms with Crippen molar-refractivity contribution in [3.63, 3.8) is 0 Å². The van der Waals surface area contributed by atoms with Crippen LogP contribution in [0.4, 0.5) is 4.39 Å². The lowest BCUT2D eigenvalue weighted by Crippen LogP contribution is -2.09. The Morgan fingerprint density at radius 2 is 1.67 bits per heavy atom. The van der Waals surface area contributed by atoms with E-state index >= 15 is 0 Å². The Kier molecular flexibility index (Phi) is 5.88. The van der Waals surface area contributed by atoms with Crippen LogP contribution >= 0.6 is 11.8 Å². The van der Waals surface area contributed by atoms with Crippen molar-refractivity contribution in [2.24, 2.45) is 0 Å². The highest BCUT2D eigenvalue weighted by molar-refractivity contribution is 8.08. The molecule has 0 N–H and O–H groups in total. The lowest BCUT2D eigenvalue weighted by molar-refractivity contribution is -0.105. The minimum Gasteiger partial charge on any atom is -0.497 e. The first-order valence-corrected chi connectivity index (χ1v) is 11.6. The first-order chi connectivity index (χ1) is 16.2. The molecule has 0 atom stereocenters. The highest BCUT2D eigenvalue weighted by Gasteiger charge is 2.26. The molecule has 0 aliphatic heterocycles. The van der Waals surface area contributed by atoms with Crippen LogP contribution in [0.1, 0.15) is 17.7 Å². The van der Waals surface area contributed by atoms with Gasteiger partial charge in [0.05, 0.1) is 12.8 Å². The van der Waals surface area contributed by atoms with Crippen molar-refractivity contribution in [3.8, 4) is 22.7 Å². The normalized spacial score (nSPS) is 13.0. The highest BCUT2D eigenvalue weighted by Crippen LogP contribution is 2.45. The number of thioether (sulfide) groups is 1. The lowest BCUT2D eigenvalue weighted by atomic mass is 9.98. The number of benzene rings is 3. The maximum Gasteiger partial charge on any atom is 0.147 e. The Labute approximate surface area is 196 Å². The maximum absolute atomic E-state index is 13.4. The molecule has 3 nitrogen and oxygen atoms in total. The second kappa shape index (κ2) is 9.12. The van der Waals surface area contributed by atoms with Crippen molar-refractivity contribution in [1.82, 2.24) is 4.57 Å². The van der Waals surface area contributed by atoms with E-state index in [2.05, 4.69) is 34.9 Å². The van der Waals surface area contributed by atoms with E-state index in [-0.39, 0.29) is 5.82 Å².